The van der Waals surface area contributed by atoms with Gasteiger partial charge in [-0.15, -0.1) is 4.72 Å². The van der Waals surface area contributed by atoms with Crippen molar-refractivity contribution in [1.82, 2.24) is 4.72 Å². The first-order valence-corrected chi connectivity index (χ1v) is 7.61. The zero-order valence-electron chi connectivity index (χ0n) is 12.5. The number of alkyl halides is 3. The average molecular weight is 323 g/mol. The lowest BCUT2D eigenvalue weighted by Gasteiger charge is -2.26. The molecule has 1 N–H and O–H groups in total. The van der Waals surface area contributed by atoms with E-state index in [-0.39, 0.29) is 11.8 Å². The van der Waals surface area contributed by atoms with Crippen molar-refractivity contribution in [2.75, 3.05) is 6.61 Å². The molecule has 2 unspecified atom stereocenters. The van der Waals surface area contributed by atoms with Crippen LogP contribution in [-0.2, 0) is 11.4 Å². The quantitative estimate of drug-likeness (QED) is 0.840. The molecule has 1 rings (SSSR count). The van der Waals surface area contributed by atoms with Crippen molar-refractivity contribution in [2.24, 2.45) is 0 Å². The molecule has 7 heteroatoms. The van der Waals surface area contributed by atoms with Gasteiger partial charge in [0, 0.05) is 11.4 Å². The monoisotopic (exact) mass is 323 g/mol. The van der Waals surface area contributed by atoms with E-state index in [1.165, 1.54) is 12.1 Å². The summed E-state index contributed by atoms with van der Waals surface area (Å²) < 4.78 is 55.6. The standard InChI is InChI=1S/C14H20F3NO2S/c1-10(18-21(19)13(2,3)4)11-6-5-7-12(8-11)20-9-14(15,16)17/h5-8,10,18H,9H2,1-4H3. The molecule has 0 fully saturated rings. The summed E-state index contributed by atoms with van der Waals surface area (Å²) in [6.07, 6.45) is -4.37. The zero-order valence-corrected chi connectivity index (χ0v) is 13.3. The van der Waals surface area contributed by atoms with Crippen LogP contribution in [0.5, 0.6) is 5.75 Å². The van der Waals surface area contributed by atoms with Crippen LogP contribution >= 0.6 is 0 Å². The van der Waals surface area contributed by atoms with Crippen LogP contribution < -0.4 is 9.46 Å². The molecule has 0 aromatic heterocycles. The minimum absolute atomic E-state index is 0.139. The first-order chi connectivity index (χ1) is 9.49. The van der Waals surface area contributed by atoms with Gasteiger partial charge < -0.3 is 9.29 Å². The fourth-order valence-electron chi connectivity index (χ4n) is 1.44. The second-order valence-electron chi connectivity index (χ2n) is 5.70. The van der Waals surface area contributed by atoms with E-state index >= 15 is 0 Å². The Morgan fingerprint density at radius 2 is 1.90 bits per heavy atom. The van der Waals surface area contributed by atoms with Crippen LogP contribution in [0.3, 0.4) is 0 Å². The minimum Gasteiger partial charge on any atom is -0.598 e. The molecule has 0 spiro atoms. The Balaban J connectivity index is 2.71. The molecule has 0 aliphatic carbocycles. The van der Waals surface area contributed by atoms with Crippen LogP contribution in [0.4, 0.5) is 13.2 Å². The third-order valence-electron chi connectivity index (χ3n) is 2.60. The molecule has 1 aromatic carbocycles. The summed E-state index contributed by atoms with van der Waals surface area (Å²) in [5.41, 5.74) is 0.715. The maximum Gasteiger partial charge on any atom is 0.422 e. The lowest BCUT2D eigenvalue weighted by atomic mass is 10.1. The SMILES string of the molecule is CC(N[S+]([O-])C(C)(C)C)c1cccc(OCC(F)(F)F)c1. The highest BCUT2D eigenvalue weighted by molar-refractivity contribution is 7.90. The second kappa shape index (κ2) is 6.89. The number of rotatable bonds is 5. The van der Waals surface area contributed by atoms with Crippen molar-refractivity contribution in [2.45, 2.75) is 44.7 Å². The Labute approximate surface area is 126 Å². The van der Waals surface area contributed by atoms with Gasteiger partial charge in [0.2, 0.25) is 0 Å². The molecule has 21 heavy (non-hydrogen) atoms. The molecule has 2 atom stereocenters. The molecular weight excluding hydrogens is 303 g/mol. The van der Waals surface area contributed by atoms with Gasteiger partial charge in [0.05, 0.1) is 6.04 Å². The molecule has 0 saturated heterocycles. The number of hydrogen-bond donors (Lipinski definition) is 1. The van der Waals surface area contributed by atoms with E-state index in [2.05, 4.69) is 4.72 Å². The van der Waals surface area contributed by atoms with E-state index in [1.807, 2.05) is 20.8 Å². The van der Waals surface area contributed by atoms with Crippen molar-refractivity contribution < 1.29 is 22.5 Å². The van der Waals surface area contributed by atoms with Crippen LogP contribution in [0.25, 0.3) is 0 Å². The Morgan fingerprint density at radius 1 is 1.29 bits per heavy atom. The molecule has 0 bridgehead atoms. The van der Waals surface area contributed by atoms with Crippen LogP contribution in [0.1, 0.15) is 39.3 Å². The first-order valence-electron chi connectivity index (χ1n) is 6.46. The summed E-state index contributed by atoms with van der Waals surface area (Å²) >= 11 is -1.26. The van der Waals surface area contributed by atoms with Crippen LogP contribution in [0.15, 0.2) is 24.3 Å². The van der Waals surface area contributed by atoms with Gasteiger partial charge in [0.1, 0.15) is 10.5 Å². The predicted molar refractivity (Wildman–Crippen MR) is 77.4 cm³/mol. The summed E-state index contributed by atoms with van der Waals surface area (Å²) in [5.74, 6) is 0.139. The molecule has 0 heterocycles. The molecule has 1 aromatic rings. The molecule has 0 saturated carbocycles. The maximum absolute atomic E-state index is 12.1. The van der Waals surface area contributed by atoms with Crippen molar-refractivity contribution in [1.29, 1.82) is 0 Å². The highest BCUT2D eigenvalue weighted by Crippen LogP contribution is 2.24. The largest absolute Gasteiger partial charge is 0.598 e. The summed E-state index contributed by atoms with van der Waals surface area (Å²) in [6.45, 7) is 5.99. The number of hydrogen-bond acceptors (Lipinski definition) is 3. The normalized spacial score (nSPS) is 15.6. The van der Waals surface area contributed by atoms with Crippen LogP contribution in [0, 0.1) is 0 Å². The van der Waals surface area contributed by atoms with E-state index < -0.39 is 28.9 Å². The highest BCUT2D eigenvalue weighted by Gasteiger charge is 2.29. The summed E-state index contributed by atoms with van der Waals surface area (Å²) in [5, 5.41) is 0. The van der Waals surface area contributed by atoms with Gasteiger partial charge in [-0.05, 0) is 45.4 Å². The van der Waals surface area contributed by atoms with E-state index in [9.17, 15) is 17.7 Å². The smallest absolute Gasteiger partial charge is 0.422 e. The van der Waals surface area contributed by atoms with Gasteiger partial charge in [-0.25, -0.2) is 0 Å². The topological polar surface area (TPSA) is 44.3 Å². The lowest BCUT2D eigenvalue weighted by molar-refractivity contribution is -0.153. The number of benzene rings is 1. The van der Waals surface area contributed by atoms with E-state index in [1.54, 1.807) is 19.1 Å². The lowest BCUT2D eigenvalue weighted by Crippen LogP contribution is -2.40. The molecular formula is C14H20F3NO2S. The van der Waals surface area contributed by atoms with Crippen molar-refractivity contribution in [3.05, 3.63) is 29.8 Å². The second-order valence-corrected chi connectivity index (χ2v) is 7.69. The Hall–Kier alpha value is -0.920. The average Bonchev–Trinajstić information content (AvgIpc) is 2.34. The third kappa shape index (κ3) is 6.58. The Morgan fingerprint density at radius 3 is 2.43 bits per heavy atom. The minimum atomic E-state index is -4.37. The number of halogens is 3. The van der Waals surface area contributed by atoms with Crippen molar-refractivity contribution in [3.63, 3.8) is 0 Å². The Kier molecular flexibility index (Phi) is 5.95. The van der Waals surface area contributed by atoms with Crippen molar-refractivity contribution >= 4 is 11.4 Å². The molecule has 0 radical (unpaired) electrons. The third-order valence-corrected chi connectivity index (χ3v) is 4.28. The molecule has 0 amide bonds. The number of nitrogens with one attached hydrogen (secondary N) is 1. The van der Waals surface area contributed by atoms with E-state index in [4.69, 9.17) is 4.74 Å². The van der Waals surface area contributed by atoms with Crippen LogP contribution in [0.2, 0.25) is 0 Å². The molecule has 0 aliphatic rings. The molecule has 3 nitrogen and oxygen atoms in total. The van der Waals surface area contributed by atoms with Gasteiger partial charge in [-0.1, -0.05) is 12.1 Å². The highest BCUT2D eigenvalue weighted by atomic mass is 32.2. The molecule has 120 valence electrons. The van der Waals surface area contributed by atoms with Gasteiger partial charge in [0.15, 0.2) is 6.61 Å². The van der Waals surface area contributed by atoms with Crippen molar-refractivity contribution in [3.8, 4) is 5.75 Å². The van der Waals surface area contributed by atoms with Gasteiger partial charge in [-0.3, -0.25) is 0 Å². The van der Waals surface area contributed by atoms with Gasteiger partial charge >= 0.3 is 6.18 Å². The maximum atomic E-state index is 12.1. The Bertz CT molecular complexity index is 460. The number of ether oxygens (including phenoxy) is 1. The van der Waals surface area contributed by atoms with E-state index in [0.29, 0.717) is 5.56 Å². The summed E-state index contributed by atoms with van der Waals surface area (Å²) in [6, 6.07) is 6.07. The summed E-state index contributed by atoms with van der Waals surface area (Å²) in [7, 11) is 0. The zero-order chi connectivity index (χ0) is 16.3. The fourth-order valence-corrected chi connectivity index (χ4v) is 2.25. The molecule has 0 aliphatic heterocycles. The first kappa shape index (κ1) is 18.1. The van der Waals surface area contributed by atoms with E-state index in [0.717, 1.165) is 0 Å². The van der Waals surface area contributed by atoms with Gasteiger partial charge in [0.25, 0.3) is 0 Å². The predicted octanol–water partition coefficient (Wildman–Crippen LogP) is 3.74. The fraction of sp³-hybridized carbons (Fsp3) is 0.571. The van der Waals surface area contributed by atoms with Gasteiger partial charge in [-0.2, -0.15) is 13.2 Å². The summed E-state index contributed by atoms with van der Waals surface area (Å²) in [4.78, 5) is 0. The van der Waals surface area contributed by atoms with Crippen LogP contribution in [-0.4, -0.2) is 22.1 Å².